The lowest BCUT2D eigenvalue weighted by Gasteiger charge is -2.33. The van der Waals surface area contributed by atoms with Crippen LogP contribution in [0.2, 0.25) is 0 Å². The first-order valence-corrected chi connectivity index (χ1v) is 11.9. The predicted octanol–water partition coefficient (Wildman–Crippen LogP) is 4.82. The Morgan fingerprint density at radius 3 is 2.57 bits per heavy atom. The van der Waals surface area contributed by atoms with Crippen LogP contribution in [0.15, 0.2) is 95.5 Å². The number of carbonyl (C=O) groups excluding carboxylic acids is 1. The van der Waals surface area contributed by atoms with Crippen molar-refractivity contribution in [3.63, 3.8) is 0 Å². The van der Waals surface area contributed by atoms with Crippen molar-refractivity contribution in [3.05, 3.63) is 108 Å². The Labute approximate surface area is 204 Å². The number of hydrogen-bond donors (Lipinski definition) is 4. The van der Waals surface area contributed by atoms with Crippen LogP contribution >= 0.6 is 0 Å². The number of para-hydroxylation sites is 2. The van der Waals surface area contributed by atoms with E-state index in [0.717, 1.165) is 38.8 Å². The van der Waals surface area contributed by atoms with Crippen molar-refractivity contribution >= 4 is 27.8 Å². The predicted molar refractivity (Wildman–Crippen MR) is 140 cm³/mol. The Bertz CT molecular complexity index is 1410. The first kappa shape index (κ1) is 22.9. The fourth-order valence-electron chi connectivity index (χ4n) is 4.60. The molecule has 0 saturated heterocycles. The molecule has 2 atom stereocenters. The number of benzene rings is 3. The Hall–Kier alpha value is -3.87. The van der Waals surface area contributed by atoms with E-state index in [1.807, 2.05) is 92.0 Å². The Morgan fingerprint density at radius 2 is 1.77 bits per heavy atom. The van der Waals surface area contributed by atoms with Crippen molar-refractivity contribution in [1.29, 1.82) is 0 Å². The molecular formula is C29H30N4O2. The van der Waals surface area contributed by atoms with Crippen LogP contribution < -0.4 is 16.4 Å². The molecule has 0 radical (unpaired) electrons. The van der Waals surface area contributed by atoms with E-state index in [0.29, 0.717) is 13.0 Å². The summed E-state index contributed by atoms with van der Waals surface area (Å²) in [6, 6.07) is 27.7. The maximum atomic E-state index is 13.8. The highest BCUT2D eigenvalue weighted by atomic mass is 16.3. The lowest BCUT2D eigenvalue weighted by atomic mass is 9.88. The van der Waals surface area contributed by atoms with Gasteiger partial charge in [0.1, 0.15) is 16.9 Å². The summed E-state index contributed by atoms with van der Waals surface area (Å²) in [4.78, 5) is 17.2. The Balaban J connectivity index is 1.45. The molecule has 6 nitrogen and oxygen atoms in total. The topological polar surface area (TPSA) is 96.1 Å². The van der Waals surface area contributed by atoms with Gasteiger partial charge in [-0.3, -0.25) is 10.1 Å². The molecule has 3 aromatic carbocycles. The monoisotopic (exact) mass is 466 g/mol. The number of fused-ring (bicyclic) bond motifs is 2. The number of nitrogens with one attached hydrogen (secondary N) is 3. The van der Waals surface area contributed by atoms with E-state index in [9.17, 15) is 4.79 Å². The van der Waals surface area contributed by atoms with E-state index in [4.69, 9.17) is 10.2 Å². The second-order valence-corrected chi connectivity index (χ2v) is 9.03. The molecule has 0 fully saturated rings. The van der Waals surface area contributed by atoms with Crippen LogP contribution in [-0.4, -0.2) is 23.0 Å². The van der Waals surface area contributed by atoms with Crippen LogP contribution in [0.25, 0.3) is 21.9 Å². The summed E-state index contributed by atoms with van der Waals surface area (Å²) >= 11 is 0. The molecular weight excluding hydrogens is 436 g/mol. The summed E-state index contributed by atoms with van der Waals surface area (Å²) in [6.07, 6.45) is 2.40. The van der Waals surface area contributed by atoms with Crippen LogP contribution in [0.4, 0.5) is 0 Å². The van der Waals surface area contributed by atoms with E-state index in [2.05, 4.69) is 21.7 Å². The van der Waals surface area contributed by atoms with Gasteiger partial charge in [-0.25, -0.2) is 0 Å². The van der Waals surface area contributed by atoms with Crippen LogP contribution in [0.3, 0.4) is 0 Å². The van der Waals surface area contributed by atoms with Gasteiger partial charge in [0.25, 0.3) is 0 Å². The lowest BCUT2D eigenvalue weighted by Crippen LogP contribution is -2.62. The maximum Gasteiger partial charge on any atom is 0.242 e. The minimum Gasteiger partial charge on any atom is -0.460 e. The molecule has 178 valence electrons. The molecule has 0 bridgehead atoms. The van der Waals surface area contributed by atoms with E-state index in [-0.39, 0.29) is 18.5 Å². The highest BCUT2D eigenvalue weighted by molar-refractivity contribution is 5.89. The average molecular weight is 467 g/mol. The summed E-state index contributed by atoms with van der Waals surface area (Å²) in [5, 5.41) is 8.78. The number of furan rings is 1. The molecule has 0 aliphatic heterocycles. The molecule has 5 rings (SSSR count). The summed E-state index contributed by atoms with van der Waals surface area (Å²) in [7, 11) is 0. The normalized spacial score (nSPS) is 14.1. The van der Waals surface area contributed by atoms with Crippen molar-refractivity contribution in [3.8, 4) is 0 Å². The maximum absolute atomic E-state index is 13.8. The van der Waals surface area contributed by atoms with Crippen LogP contribution in [0.5, 0.6) is 0 Å². The Morgan fingerprint density at radius 1 is 1.03 bits per heavy atom. The largest absolute Gasteiger partial charge is 0.460 e. The van der Waals surface area contributed by atoms with Gasteiger partial charge in [-0.15, -0.1) is 0 Å². The second-order valence-electron chi connectivity index (χ2n) is 9.03. The van der Waals surface area contributed by atoms with E-state index in [1.165, 1.54) is 0 Å². The van der Waals surface area contributed by atoms with Gasteiger partial charge in [-0.2, -0.15) is 0 Å². The number of hydrogen-bond acceptors (Lipinski definition) is 4. The van der Waals surface area contributed by atoms with Crippen LogP contribution in [-0.2, 0) is 17.8 Å². The summed E-state index contributed by atoms with van der Waals surface area (Å²) in [6.45, 7) is 2.49. The number of aromatic nitrogens is 1. The molecule has 0 spiro atoms. The first-order chi connectivity index (χ1) is 17.1. The summed E-state index contributed by atoms with van der Waals surface area (Å²) < 4.78 is 6.00. The second kappa shape index (κ2) is 9.78. The van der Waals surface area contributed by atoms with Crippen molar-refractivity contribution in [1.82, 2.24) is 15.6 Å². The fourth-order valence-corrected chi connectivity index (χ4v) is 4.60. The number of amides is 1. The fraction of sp³-hybridized carbons (Fsp3) is 0.207. The van der Waals surface area contributed by atoms with Gasteiger partial charge in [0.05, 0.1) is 12.6 Å². The molecule has 2 aromatic heterocycles. The van der Waals surface area contributed by atoms with Gasteiger partial charge in [-0.05, 0) is 36.2 Å². The standard InChI is InChI=1S/C29H30N4O2/c1-20(21-9-3-2-4-10-21)33-28(34)29(19-30,16-23-17-31-26-13-7-6-12-25(23)26)32-18-24-15-22-11-5-8-14-27(22)35-24/h2-15,17,20,31-32H,16,18-19,30H2,1H3,(H,33,34)/t20-,29?/m0/s1. The van der Waals surface area contributed by atoms with Crippen molar-refractivity contribution in [2.24, 2.45) is 5.73 Å². The molecule has 6 heteroatoms. The molecule has 2 heterocycles. The average Bonchev–Trinajstić information content (AvgIpc) is 3.50. The molecule has 5 aromatic rings. The zero-order chi connectivity index (χ0) is 24.3. The highest BCUT2D eigenvalue weighted by Crippen LogP contribution is 2.25. The van der Waals surface area contributed by atoms with Gasteiger partial charge in [-0.1, -0.05) is 66.7 Å². The smallest absolute Gasteiger partial charge is 0.242 e. The third-order valence-electron chi connectivity index (χ3n) is 6.67. The van der Waals surface area contributed by atoms with Gasteiger partial charge in [0, 0.05) is 35.5 Å². The minimum atomic E-state index is -1.03. The first-order valence-electron chi connectivity index (χ1n) is 11.9. The van der Waals surface area contributed by atoms with E-state index < -0.39 is 5.54 Å². The van der Waals surface area contributed by atoms with Crippen molar-refractivity contribution in [2.45, 2.75) is 31.5 Å². The molecule has 0 aliphatic carbocycles. The van der Waals surface area contributed by atoms with Crippen molar-refractivity contribution < 1.29 is 9.21 Å². The molecule has 5 N–H and O–H groups in total. The molecule has 35 heavy (non-hydrogen) atoms. The zero-order valence-corrected chi connectivity index (χ0v) is 19.8. The Kier molecular flexibility index (Phi) is 6.40. The van der Waals surface area contributed by atoms with Gasteiger partial charge < -0.3 is 20.5 Å². The van der Waals surface area contributed by atoms with Crippen LogP contribution in [0, 0.1) is 0 Å². The van der Waals surface area contributed by atoms with Gasteiger partial charge >= 0.3 is 0 Å². The summed E-state index contributed by atoms with van der Waals surface area (Å²) in [5.74, 6) is 0.615. The van der Waals surface area contributed by atoms with Gasteiger partial charge in [0.15, 0.2) is 0 Å². The number of aromatic amines is 1. The number of nitrogens with two attached hydrogens (primary N) is 1. The number of H-pyrrole nitrogens is 1. The number of rotatable bonds is 9. The van der Waals surface area contributed by atoms with E-state index in [1.54, 1.807) is 0 Å². The highest BCUT2D eigenvalue weighted by Gasteiger charge is 2.38. The lowest BCUT2D eigenvalue weighted by molar-refractivity contribution is -0.128. The zero-order valence-electron chi connectivity index (χ0n) is 19.8. The summed E-state index contributed by atoms with van der Waals surface area (Å²) in [5.41, 5.74) is 9.25. The minimum absolute atomic E-state index is 0.125. The number of carbonyl (C=O) groups is 1. The third-order valence-corrected chi connectivity index (χ3v) is 6.67. The van der Waals surface area contributed by atoms with Crippen molar-refractivity contribution in [2.75, 3.05) is 6.54 Å². The third kappa shape index (κ3) is 4.71. The molecule has 0 aliphatic rings. The molecule has 0 saturated carbocycles. The molecule has 1 amide bonds. The molecule has 1 unspecified atom stereocenters. The van der Waals surface area contributed by atoms with Crippen LogP contribution in [0.1, 0.15) is 29.9 Å². The van der Waals surface area contributed by atoms with Gasteiger partial charge in [0.2, 0.25) is 5.91 Å². The quantitative estimate of drug-likeness (QED) is 0.250. The van der Waals surface area contributed by atoms with E-state index >= 15 is 0 Å². The SMILES string of the molecule is C[C@H](NC(=O)C(CN)(Cc1c[nH]c2ccccc12)NCc1cc2ccccc2o1)c1ccccc1.